The van der Waals surface area contributed by atoms with Crippen molar-refractivity contribution in [3.8, 4) is 5.75 Å². The van der Waals surface area contributed by atoms with E-state index in [4.69, 9.17) is 16.3 Å². The number of sulfonamides is 1. The second-order valence-corrected chi connectivity index (χ2v) is 8.14. The van der Waals surface area contributed by atoms with E-state index in [-0.39, 0.29) is 35.8 Å². The van der Waals surface area contributed by atoms with Crippen LogP contribution < -0.4 is 10.1 Å². The summed E-state index contributed by atoms with van der Waals surface area (Å²) < 4.78 is 30.9. The number of carbonyl (C=O) groups is 2. The molecular formula is C18H17ClN2O5S. The smallest absolute Gasteiger partial charge is 0.269 e. The Kier molecular flexibility index (Phi) is 5.38. The quantitative estimate of drug-likeness (QED) is 0.793. The SMILES string of the molecule is COc1ccc(Cl)cc1NC(=O)CCCN1C(=O)c2ccccc2S1(=O)=O. The Morgan fingerprint density at radius 1 is 1.22 bits per heavy atom. The van der Waals surface area contributed by atoms with Crippen LogP contribution in [0.1, 0.15) is 23.2 Å². The highest BCUT2D eigenvalue weighted by Gasteiger charge is 2.40. The molecular weight excluding hydrogens is 392 g/mol. The van der Waals surface area contributed by atoms with Gasteiger partial charge in [0.15, 0.2) is 0 Å². The van der Waals surface area contributed by atoms with E-state index in [0.717, 1.165) is 4.31 Å². The Morgan fingerprint density at radius 2 is 1.96 bits per heavy atom. The van der Waals surface area contributed by atoms with Crippen LogP contribution in [0.5, 0.6) is 5.75 Å². The second kappa shape index (κ2) is 7.58. The monoisotopic (exact) mass is 408 g/mol. The molecule has 9 heteroatoms. The highest BCUT2D eigenvalue weighted by Crippen LogP contribution is 2.30. The first-order valence-electron chi connectivity index (χ1n) is 8.14. The Morgan fingerprint density at radius 3 is 2.67 bits per heavy atom. The Bertz CT molecular complexity index is 1010. The minimum Gasteiger partial charge on any atom is -0.495 e. The summed E-state index contributed by atoms with van der Waals surface area (Å²) in [5.74, 6) is -0.444. The summed E-state index contributed by atoms with van der Waals surface area (Å²) in [5, 5.41) is 3.12. The largest absolute Gasteiger partial charge is 0.495 e. The summed E-state index contributed by atoms with van der Waals surface area (Å²) in [4.78, 5) is 24.5. The molecule has 1 aliphatic heterocycles. The van der Waals surface area contributed by atoms with Gasteiger partial charge in [-0.3, -0.25) is 9.59 Å². The van der Waals surface area contributed by atoms with E-state index in [2.05, 4.69) is 5.32 Å². The van der Waals surface area contributed by atoms with Gasteiger partial charge in [0, 0.05) is 18.0 Å². The van der Waals surface area contributed by atoms with Crippen molar-refractivity contribution in [3.05, 3.63) is 53.1 Å². The lowest BCUT2D eigenvalue weighted by molar-refractivity contribution is -0.116. The zero-order valence-electron chi connectivity index (χ0n) is 14.4. The fourth-order valence-electron chi connectivity index (χ4n) is 2.83. The molecule has 0 fully saturated rings. The van der Waals surface area contributed by atoms with E-state index in [0.29, 0.717) is 16.5 Å². The maximum Gasteiger partial charge on any atom is 0.269 e. The zero-order chi connectivity index (χ0) is 19.6. The molecule has 0 atom stereocenters. The number of methoxy groups -OCH3 is 1. The van der Waals surface area contributed by atoms with Gasteiger partial charge in [0.1, 0.15) is 10.6 Å². The van der Waals surface area contributed by atoms with E-state index in [1.807, 2.05) is 0 Å². The molecule has 0 radical (unpaired) electrons. The topological polar surface area (TPSA) is 92.8 Å². The third-order valence-corrected chi connectivity index (χ3v) is 6.19. The maximum atomic E-state index is 12.5. The van der Waals surface area contributed by atoms with Gasteiger partial charge in [-0.15, -0.1) is 0 Å². The third-order valence-electron chi connectivity index (χ3n) is 4.11. The van der Waals surface area contributed by atoms with Crippen LogP contribution in [0.3, 0.4) is 0 Å². The fourth-order valence-corrected chi connectivity index (χ4v) is 4.61. The first-order valence-corrected chi connectivity index (χ1v) is 9.96. The van der Waals surface area contributed by atoms with Gasteiger partial charge >= 0.3 is 0 Å². The Balaban J connectivity index is 1.62. The van der Waals surface area contributed by atoms with E-state index in [1.165, 1.54) is 19.2 Å². The molecule has 7 nitrogen and oxygen atoms in total. The molecule has 0 saturated carbocycles. The molecule has 142 valence electrons. The number of ether oxygens (including phenoxy) is 1. The number of benzene rings is 2. The first kappa shape index (κ1) is 19.2. The van der Waals surface area contributed by atoms with Crippen LogP contribution in [0.15, 0.2) is 47.4 Å². The molecule has 2 aromatic rings. The molecule has 2 aromatic carbocycles. The highest BCUT2D eigenvalue weighted by atomic mass is 35.5. The number of fused-ring (bicyclic) bond motifs is 1. The van der Waals surface area contributed by atoms with Crippen molar-refractivity contribution in [2.24, 2.45) is 0 Å². The number of amides is 2. The average Bonchev–Trinajstić information content (AvgIpc) is 2.83. The summed E-state index contributed by atoms with van der Waals surface area (Å²) >= 11 is 5.92. The molecule has 2 amide bonds. The first-order chi connectivity index (χ1) is 12.8. The van der Waals surface area contributed by atoms with Gasteiger partial charge in [0.05, 0.1) is 18.4 Å². The number of rotatable bonds is 6. The van der Waals surface area contributed by atoms with Gasteiger partial charge in [-0.05, 0) is 36.8 Å². The van der Waals surface area contributed by atoms with E-state index in [9.17, 15) is 18.0 Å². The predicted molar refractivity (Wildman–Crippen MR) is 101 cm³/mol. The Hall–Kier alpha value is -2.58. The maximum absolute atomic E-state index is 12.5. The van der Waals surface area contributed by atoms with Crippen molar-refractivity contribution >= 4 is 39.1 Å². The molecule has 0 unspecified atom stereocenters. The average molecular weight is 409 g/mol. The zero-order valence-corrected chi connectivity index (χ0v) is 16.0. The van der Waals surface area contributed by atoms with E-state index in [1.54, 1.807) is 30.3 Å². The molecule has 0 aliphatic carbocycles. The number of hydrogen-bond acceptors (Lipinski definition) is 5. The van der Waals surface area contributed by atoms with Gasteiger partial charge in [-0.25, -0.2) is 12.7 Å². The molecule has 1 heterocycles. The number of nitrogens with one attached hydrogen (secondary N) is 1. The second-order valence-electron chi connectivity index (χ2n) is 5.87. The number of hydrogen-bond donors (Lipinski definition) is 1. The fraction of sp³-hybridized carbons (Fsp3) is 0.222. The van der Waals surface area contributed by atoms with Gasteiger partial charge < -0.3 is 10.1 Å². The van der Waals surface area contributed by atoms with Crippen LogP contribution in [0, 0.1) is 0 Å². The van der Waals surface area contributed by atoms with Crippen LogP contribution in [0.2, 0.25) is 5.02 Å². The van der Waals surface area contributed by atoms with Crippen molar-refractivity contribution in [1.82, 2.24) is 4.31 Å². The normalized spacial score (nSPS) is 14.7. The molecule has 0 bridgehead atoms. The molecule has 3 rings (SSSR count). The summed E-state index contributed by atoms with van der Waals surface area (Å²) in [6.45, 7) is -0.0735. The molecule has 27 heavy (non-hydrogen) atoms. The van der Waals surface area contributed by atoms with Crippen molar-refractivity contribution in [2.75, 3.05) is 19.0 Å². The number of halogens is 1. The van der Waals surface area contributed by atoms with Gasteiger partial charge in [0.2, 0.25) is 5.91 Å². The molecule has 1 aliphatic rings. The lowest BCUT2D eigenvalue weighted by atomic mass is 10.2. The van der Waals surface area contributed by atoms with Crippen LogP contribution >= 0.6 is 11.6 Å². The predicted octanol–water partition coefficient (Wildman–Crippen LogP) is 2.91. The summed E-state index contributed by atoms with van der Waals surface area (Å²) in [7, 11) is -2.38. The molecule has 1 N–H and O–H groups in total. The van der Waals surface area contributed by atoms with Crippen LogP contribution in [0.25, 0.3) is 0 Å². The molecule has 0 spiro atoms. The summed E-state index contributed by atoms with van der Waals surface area (Å²) in [5.41, 5.74) is 0.581. The van der Waals surface area contributed by atoms with Crippen molar-refractivity contribution < 1.29 is 22.7 Å². The highest BCUT2D eigenvalue weighted by molar-refractivity contribution is 7.90. The number of anilines is 1. The Labute approximate surface area is 161 Å². The molecule has 0 aromatic heterocycles. The van der Waals surface area contributed by atoms with Crippen LogP contribution in [-0.4, -0.2) is 38.2 Å². The van der Waals surface area contributed by atoms with E-state index < -0.39 is 15.9 Å². The van der Waals surface area contributed by atoms with Crippen LogP contribution in [-0.2, 0) is 14.8 Å². The molecule has 0 saturated heterocycles. The van der Waals surface area contributed by atoms with Crippen molar-refractivity contribution in [1.29, 1.82) is 0 Å². The lowest BCUT2D eigenvalue weighted by Crippen LogP contribution is -2.31. The van der Waals surface area contributed by atoms with Gasteiger partial charge in [-0.2, -0.15) is 0 Å². The van der Waals surface area contributed by atoms with E-state index >= 15 is 0 Å². The summed E-state index contributed by atoms with van der Waals surface area (Å²) in [6.07, 6.45) is 0.221. The standard InChI is InChI=1S/C18H17ClN2O5S/c1-26-15-9-8-12(19)11-14(15)20-17(22)7-4-10-21-18(23)13-5-2-3-6-16(13)27(21,24)25/h2-3,5-6,8-9,11H,4,7,10H2,1H3,(H,20,22). The van der Waals surface area contributed by atoms with Crippen molar-refractivity contribution in [3.63, 3.8) is 0 Å². The lowest BCUT2D eigenvalue weighted by Gasteiger charge is -2.15. The minimum atomic E-state index is -3.85. The summed E-state index contributed by atoms with van der Waals surface area (Å²) in [6, 6.07) is 10.9. The van der Waals surface area contributed by atoms with Crippen molar-refractivity contribution in [2.45, 2.75) is 17.7 Å². The van der Waals surface area contributed by atoms with Gasteiger partial charge in [0.25, 0.3) is 15.9 Å². The number of carbonyl (C=O) groups excluding carboxylic acids is 2. The minimum absolute atomic E-state index is 0.00288. The third kappa shape index (κ3) is 3.77. The number of nitrogens with zero attached hydrogens (tertiary/aromatic N) is 1. The van der Waals surface area contributed by atoms with Crippen LogP contribution in [0.4, 0.5) is 5.69 Å². The van der Waals surface area contributed by atoms with Gasteiger partial charge in [-0.1, -0.05) is 23.7 Å².